The normalized spacial score (nSPS) is 10.0. The second kappa shape index (κ2) is 7.15. The third-order valence-electron chi connectivity index (χ3n) is 3.24. The van der Waals surface area contributed by atoms with Crippen molar-refractivity contribution in [3.05, 3.63) is 89.4 Å². The minimum atomic E-state index is -0.450. The highest BCUT2D eigenvalue weighted by molar-refractivity contribution is 5.76. The molecule has 0 radical (unpaired) electrons. The predicted octanol–water partition coefficient (Wildman–Crippen LogP) is 4.48. The van der Waals surface area contributed by atoms with Crippen LogP contribution in [0.5, 0.6) is 0 Å². The maximum absolute atomic E-state index is 10.4. The maximum Gasteiger partial charge on any atom is 0.271 e. The maximum atomic E-state index is 10.4. The molecule has 6 heteroatoms. The predicted molar refractivity (Wildman–Crippen MR) is 90.3 cm³/mol. The van der Waals surface area contributed by atoms with Gasteiger partial charge in [0, 0.05) is 30.1 Å². The van der Waals surface area contributed by atoms with Crippen LogP contribution in [0.1, 0.15) is 0 Å². The first-order valence-electron chi connectivity index (χ1n) is 7.18. The van der Waals surface area contributed by atoms with Crippen LogP contribution in [0.4, 0.5) is 5.69 Å². The fraction of sp³-hybridized carbons (Fsp3) is 0. The van der Waals surface area contributed by atoms with Crippen LogP contribution in [0.15, 0.2) is 83.7 Å². The van der Waals surface area contributed by atoms with E-state index in [1.54, 1.807) is 18.5 Å². The summed E-state index contributed by atoms with van der Waals surface area (Å²) in [5, 5.41) is 10.4. The Hall–Kier alpha value is -3.54. The molecule has 118 valence electrons. The summed E-state index contributed by atoms with van der Waals surface area (Å²) in [5.41, 5.74) is 2.36. The number of aromatic nitrogens is 2. The molecule has 4 aromatic rings. The zero-order chi connectivity index (χ0) is 16.8. The van der Waals surface area contributed by atoms with E-state index in [-0.39, 0.29) is 5.69 Å². The second-order valence-electron chi connectivity index (χ2n) is 4.83. The summed E-state index contributed by atoms with van der Waals surface area (Å²) in [6.07, 6.45) is 4.74. The van der Waals surface area contributed by atoms with Gasteiger partial charge < -0.3 is 4.42 Å². The van der Waals surface area contributed by atoms with Gasteiger partial charge in [0.05, 0.1) is 22.2 Å². The first-order chi connectivity index (χ1) is 11.7. The van der Waals surface area contributed by atoms with Gasteiger partial charge in [-0.05, 0) is 18.2 Å². The van der Waals surface area contributed by atoms with Gasteiger partial charge in [-0.15, -0.1) is 0 Å². The number of rotatable bonds is 2. The monoisotopic (exact) mass is 319 g/mol. The lowest BCUT2D eigenvalue weighted by atomic mass is 10.2. The molecular weight excluding hydrogens is 306 g/mol. The highest BCUT2D eigenvalue weighted by Gasteiger charge is 2.06. The molecule has 4 rings (SSSR count). The van der Waals surface area contributed by atoms with E-state index in [1.165, 1.54) is 18.3 Å². The Morgan fingerprint density at radius 3 is 2.29 bits per heavy atom. The number of nitro benzene ring substituents is 1. The van der Waals surface area contributed by atoms with Crippen LogP contribution < -0.4 is 0 Å². The van der Waals surface area contributed by atoms with Crippen molar-refractivity contribution in [2.24, 2.45) is 0 Å². The number of benzene rings is 2. The molecule has 0 fully saturated rings. The van der Waals surface area contributed by atoms with Gasteiger partial charge in [-0.1, -0.05) is 30.3 Å². The third kappa shape index (κ3) is 3.61. The molecule has 0 unspecified atom stereocenters. The number of non-ortho nitro benzene ring substituents is 1. The number of hydrogen-bond donors (Lipinski definition) is 0. The lowest BCUT2D eigenvalue weighted by Gasteiger charge is -1.94. The molecule has 2 aromatic heterocycles. The summed E-state index contributed by atoms with van der Waals surface area (Å²) in [5.74, 6) is 0.922. The Labute approximate surface area is 137 Å². The largest absolute Gasteiger partial charge is 0.464 e. The molecule has 0 aliphatic heterocycles. The minimum absolute atomic E-state index is 0.0352. The van der Waals surface area contributed by atoms with Crippen molar-refractivity contribution in [1.82, 2.24) is 9.97 Å². The quantitative estimate of drug-likeness (QED) is 0.402. The van der Waals surface area contributed by atoms with Gasteiger partial charge in [-0.25, -0.2) is 0 Å². The Bertz CT molecular complexity index is 938. The van der Waals surface area contributed by atoms with Gasteiger partial charge in [-0.2, -0.15) is 0 Å². The second-order valence-corrected chi connectivity index (χ2v) is 4.83. The van der Waals surface area contributed by atoms with Crippen molar-refractivity contribution in [3.63, 3.8) is 0 Å². The first-order valence-corrected chi connectivity index (χ1v) is 7.18. The molecule has 2 aromatic carbocycles. The van der Waals surface area contributed by atoms with Crippen LogP contribution in [0.3, 0.4) is 0 Å². The van der Waals surface area contributed by atoms with E-state index in [0.29, 0.717) is 11.0 Å². The molecule has 0 aliphatic rings. The molecule has 24 heavy (non-hydrogen) atoms. The van der Waals surface area contributed by atoms with Gasteiger partial charge in [0.1, 0.15) is 5.76 Å². The van der Waals surface area contributed by atoms with E-state index in [9.17, 15) is 10.1 Å². The van der Waals surface area contributed by atoms with Gasteiger partial charge in [0.25, 0.3) is 5.69 Å². The van der Waals surface area contributed by atoms with E-state index in [2.05, 4.69) is 9.97 Å². The molecule has 2 heterocycles. The Morgan fingerprint density at radius 1 is 0.875 bits per heavy atom. The molecule has 0 aliphatic carbocycles. The van der Waals surface area contributed by atoms with Gasteiger partial charge >= 0.3 is 0 Å². The van der Waals surface area contributed by atoms with Crippen LogP contribution in [0.25, 0.3) is 22.4 Å². The highest BCUT2D eigenvalue weighted by atomic mass is 16.6. The van der Waals surface area contributed by atoms with Crippen LogP contribution in [0.2, 0.25) is 0 Å². The number of furan rings is 1. The average molecular weight is 319 g/mol. The smallest absolute Gasteiger partial charge is 0.271 e. The van der Waals surface area contributed by atoms with Crippen molar-refractivity contribution < 1.29 is 9.34 Å². The summed E-state index contributed by atoms with van der Waals surface area (Å²) in [6.45, 7) is 0. The van der Waals surface area contributed by atoms with E-state index in [0.717, 1.165) is 11.3 Å². The molecule has 0 saturated carbocycles. The van der Waals surface area contributed by atoms with Crippen molar-refractivity contribution in [1.29, 1.82) is 0 Å². The molecule has 0 amide bonds. The summed E-state index contributed by atoms with van der Waals surface area (Å²) in [7, 11) is 0. The summed E-state index contributed by atoms with van der Waals surface area (Å²) in [6, 6.07) is 18.3. The molecule has 0 bridgehead atoms. The van der Waals surface area contributed by atoms with Crippen LogP contribution in [-0.2, 0) is 0 Å². The van der Waals surface area contributed by atoms with Crippen molar-refractivity contribution in [2.45, 2.75) is 0 Å². The third-order valence-corrected chi connectivity index (χ3v) is 3.24. The van der Waals surface area contributed by atoms with Crippen LogP contribution in [-0.4, -0.2) is 14.9 Å². The number of fused-ring (bicyclic) bond motifs is 1. The van der Waals surface area contributed by atoms with E-state index in [4.69, 9.17) is 4.42 Å². The Kier molecular flexibility index (Phi) is 4.57. The Morgan fingerprint density at radius 2 is 1.62 bits per heavy atom. The van der Waals surface area contributed by atoms with Gasteiger partial charge in [-0.3, -0.25) is 20.1 Å². The standard InChI is InChI=1S/C10H8O.C8H5N3O2/c1-2-5-9(6-3-1)10-7-4-8-11-10;12-11(13)6-1-2-7-8(5-6)10-4-3-9-7/h1-8H;1-5H. The molecule has 0 saturated heterocycles. The number of nitro groups is 1. The topological polar surface area (TPSA) is 82.1 Å². The summed E-state index contributed by atoms with van der Waals surface area (Å²) >= 11 is 0. The molecule has 6 nitrogen and oxygen atoms in total. The minimum Gasteiger partial charge on any atom is -0.464 e. The number of nitrogens with zero attached hydrogens (tertiary/aromatic N) is 3. The first kappa shape index (κ1) is 15.4. The van der Waals surface area contributed by atoms with Gasteiger partial charge in [0.15, 0.2) is 0 Å². The fourth-order valence-corrected chi connectivity index (χ4v) is 2.11. The van der Waals surface area contributed by atoms with E-state index < -0.39 is 4.92 Å². The summed E-state index contributed by atoms with van der Waals surface area (Å²) < 4.78 is 5.22. The zero-order valence-electron chi connectivity index (χ0n) is 12.6. The SMILES string of the molecule is O=[N+]([O-])c1ccc2nccnc2c1.c1ccc(-c2ccco2)cc1. The zero-order valence-corrected chi connectivity index (χ0v) is 12.6. The molecule has 0 N–H and O–H groups in total. The van der Waals surface area contributed by atoms with Crippen LogP contribution >= 0.6 is 0 Å². The lowest BCUT2D eigenvalue weighted by Crippen LogP contribution is -1.89. The Balaban J connectivity index is 0.000000143. The van der Waals surface area contributed by atoms with E-state index in [1.807, 2.05) is 42.5 Å². The van der Waals surface area contributed by atoms with Crippen LogP contribution in [0, 0.1) is 10.1 Å². The van der Waals surface area contributed by atoms with Crippen molar-refractivity contribution in [3.8, 4) is 11.3 Å². The molecule has 0 atom stereocenters. The molecular formula is C18H13N3O3. The lowest BCUT2D eigenvalue weighted by molar-refractivity contribution is -0.384. The van der Waals surface area contributed by atoms with Gasteiger partial charge in [0.2, 0.25) is 0 Å². The van der Waals surface area contributed by atoms with E-state index >= 15 is 0 Å². The van der Waals surface area contributed by atoms with Crippen molar-refractivity contribution in [2.75, 3.05) is 0 Å². The number of hydrogen-bond acceptors (Lipinski definition) is 5. The summed E-state index contributed by atoms with van der Waals surface area (Å²) in [4.78, 5) is 17.9. The highest BCUT2D eigenvalue weighted by Crippen LogP contribution is 2.18. The van der Waals surface area contributed by atoms with Crippen molar-refractivity contribution >= 4 is 16.7 Å². The molecule has 0 spiro atoms. The average Bonchev–Trinajstić information content (AvgIpc) is 3.17. The fourth-order valence-electron chi connectivity index (χ4n) is 2.11.